The van der Waals surface area contributed by atoms with Crippen molar-refractivity contribution in [1.29, 1.82) is 0 Å². The first-order valence-corrected chi connectivity index (χ1v) is 8.68. The molecule has 0 heterocycles. The van der Waals surface area contributed by atoms with Crippen LogP contribution >= 0.6 is 0 Å². The first kappa shape index (κ1) is 20.3. The van der Waals surface area contributed by atoms with Crippen LogP contribution in [-0.4, -0.2) is 24.8 Å². The summed E-state index contributed by atoms with van der Waals surface area (Å²) in [5, 5.41) is 0. The second-order valence-electron chi connectivity index (χ2n) is 5.96. The van der Waals surface area contributed by atoms with E-state index in [1.165, 1.54) is 0 Å². The fraction of sp³-hybridized carbons (Fsp3) is 0.889. The Bertz CT molecular complexity index is 250. The largest absolute Gasteiger partial charge is 0.381 e. The van der Waals surface area contributed by atoms with Crippen molar-refractivity contribution < 1.29 is 14.3 Å². The molecule has 0 radical (unpaired) electrons. The number of ketones is 2. The van der Waals surface area contributed by atoms with Gasteiger partial charge in [0.1, 0.15) is 11.6 Å². The summed E-state index contributed by atoms with van der Waals surface area (Å²) in [6, 6.07) is 0. The molecule has 0 bridgehead atoms. The minimum Gasteiger partial charge on any atom is -0.381 e. The monoisotopic (exact) mass is 298 g/mol. The van der Waals surface area contributed by atoms with Gasteiger partial charge in [-0.15, -0.1) is 0 Å². The summed E-state index contributed by atoms with van der Waals surface area (Å²) in [6.07, 6.45) is 6.56. The third-order valence-corrected chi connectivity index (χ3v) is 4.39. The molecule has 0 aliphatic heterocycles. The van der Waals surface area contributed by atoms with Crippen LogP contribution in [0.15, 0.2) is 0 Å². The van der Waals surface area contributed by atoms with E-state index in [4.69, 9.17) is 4.74 Å². The summed E-state index contributed by atoms with van der Waals surface area (Å²) >= 11 is 0. The molecule has 0 saturated carbocycles. The molecule has 124 valence electrons. The maximum Gasteiger partial charge on any atom is 0.135 e. The minimum atomic E-state index is 0.284. The molecule has 0 aromatic heterocycles. The van der Waals surface area contributed by atoms with Gasteiger partial charge in [-0.3, -0.25) is 9.59 Å². The Kier molecular flexibility index (Phi) is 12.6. The Hall–Kier alpha value is -0.700. The van der Waals surface area contributed by atoms with E-state index in [0.29, 0.717) is 50.7 Å². The Balaban J connectivity index is 3.63. The summed E-state index contributed by atoms with van der Waals surface area (Å²) in [5.74, 6) is 1.59. The number of ether oxygens (including phenoxy) is 1. The van der Waals surface area contributed by atoms with E-state index in [-0.39, 0.29) is 11.6 Å². The van der Waals surface area contributed by atoms with E-state index >= 15 is 0 Å². The van der Waals surface area contributed by atoms with Gasteiger partial charge in [-0.25, -0.2) is 0 Å². The lowest BCUT2D eigenvalue weighted by molar-refractivity contribution is -0.121. The molecule has 3 nitrogen and oxygen atoms in total. The number of hydrogen-bond acceptors (Lipinski definition) is 3. The Morgan fingerprint density at radius 2 is 1.05 bits per heavy atom. The third-order valence-electron chi connectivity index (χ3n) is 4.39. The predicted molar refractivity (Wildman–Crippen MR) is 87.4 cm³/mol. The first-order valence-electron chi connectivity index (χ1n) is 8.68. The summed E-state index contributed by atoms with van der Waals surface area (Å²) in [4.78, 5) is 23.5. The molecule has 0 rings (SSSR count). The molecule has 0 unspecified atom stereocenters. The number of carbonyl (C=O) groups excluding carboxylic acids is 2. The average molecular weight is 298 g/mol. The summed E-state index contributed by atoms with van der Waals surface area (Å²) in [7, 11) is 0. The molecule has 0 aromatic carbocycles. The highest BCUT2D eigenvalue weighted by Crippen LogP contribution is 2.14. The molecule has 0 atom stereocenters. The highest BCUT2D eigenvalue weighted by atomic mass is 16.5. The van der Waals surface area contributed by atoms with Crippen LogP contribution in [0.4, 0.5) is 0 Å². The van der Waals surface area contributed by atoms with Crippen molar-refractivity contribution in [1.82, 2.24) is 0 Å². The van der Waals surface area contributed by atoms with Gasteiger partial charge in [0.25, 0.3) is 0 Å². The molecular formula is C18H34O3. The van der Waals surface area contributed by atoms with E-state index in [1.54, 1.807) is 0 Å². The van der Waals surface area contributed by atoms with Crippen LogP contribution in [0.5, 0.6) is 0 Å². The maximum atomic E-state index is 11.7. The normalized spacial score (nSPS) is 11.3. The fourth-order valence-electron chi connectivity index (χ4n) is 2.48. The number of hydrogen-bond donors (Lipinski definition) is 0. The van der Waals surface area contributed by atoms with Crippen LogP contribution in [0.3, 0.4) is 0 Å². The lowest BCUT2D eigenvalue weighted by atomic mass is 9.96. The molecule has 0 aliphatic rings. The molecule has 0 aliphatic carbocycles. The minimum absolute atomic E-state index is 0.284. The van der Waals surface area contributed by atoms with Gasteiger partial charge in [0.05, 0.1) is 13.2 Å². The van der Waals surface area contributed by atoms with Crippen LogP contribution in [-0.2, 0) is 14.3 Å². The smallest absolute Gasteiger partial charge is 0.135 e. The summed E-state index contributed by atoms with van der Waals surface area (Å²) < 4.78 is 5.43. The molecule has 0 N–H and O–H groups in total. The van der Waals surface area contributed by atoms with Crippen molar-refractivity contribution in [3.63, 3.8) is 0 Å². The number of carbonyl (C=O) groups is 2. The van der Waals surface area contributed by atoms with Crippen molar-refractivity contribution in [3.8, 4) is 0 Å². The van der Waals surface area contributed by atoms with Gasteiger partial charge in [-0.2, -0.15) is 0 Å². The Labute approximate surface area is 130 Å². The van der Waals surface area contributed by atoms with Crippen molar-refractivity contribution in [2.24, 2.45) is 11.8 Å². The van der Waals surface area contributed by atoms with Crippen LogP contribution in [0, 0.1) is 11.8 Å². The van der Waals surface area contributed by atoms with Crippen LogP contribution in [0.2, 0.25) is 0 Å². The molecule has 21 heavy (non-hydrogen) atoms. The molecule has 0 aromatic rings. The zero-order chi connectivity index (χ0) is 16.1. The van der Waals surface area contributed by atoms with E-state index in [2.05, 4.69) is 27.7 Å². The van der Waals surface area contributed by atoms with Crippen LogP contribution < -0.4 is 0 Å². The fourth-order valence-corrected chi connectivity index (χ4v) is 2.48. The van der Waals surface area contributed by atoms with E-state index in [9.17, 15) is 9.59 Å². The van der Waals surface area contributed by atoms with Gasteiger partial charge in [-0.05, 0) is 11.8 Å². The molecule has 0 amide bonds. The lowest BCUT2D eigenvalue weighted by Crippen LogP contribution is -2.12. The highest BCUT2D eigenvalue weighted by molar-refractivity contribution is 5.79. The number of rotatable bonds is 14. The van der Waals surface area contributed by atoms with Crippen LogP contribution in [0.1, 0.15) is 79.1 Å². The van der Waals surface area contributed by atoms with Gasteiger partial charge in [0, 0.05) is 25.7 Å². The zero-order valence-corrected chi connectivity index (χ0v) is 14.5. The lowest BCUT2D eigenvalue weighted by Gasteiger charge is -2.12. The van der Waals surface area contributed by atoms with E-state index in [0.717, 1.165) is 25.7 Å². The molecule has 0 saturated heterocycles. The van der Waals surface area contributed by atoms with E-state index in [1.807, 2.05) is 0 Å². The summed E-state index contributed by atoms with van der Waals surface area (Å²) in [6.45, 7) is 9.42. The number of Topliss-reactive ketones (excluding diaryl/α,β-unsaturated/α-hetero) is 2. The topological polar surface area (TPSA) is 43.4 Å². The summed E-state index contributed by atoms with van der Waals surface area (Å²) in [5.41, 5.74) is 0. The van der Waals surface area contributed by atoms with Gasteiger partial charge in [-0.1, -0.05) is 53.4 Å². The first-order chi connectivity index (χ1) is 10.1. The van der Waals surface area contributed by atoms with E-state index < -0.39 is 0 Å². The predicted octanol–water partition coefficient (Wildman–Crippen LogP) is 4.57. The maximum absolute atomic E-state index is 11.7. The molecule has 0 fully saturated rings. The van der Waals surface area contributed by atoms with Gasteiger partial charge >= 0.3 is 0 Å². The SMILES string of the molecule is CCC(CC)CC(=O)CCOCCC(=O)CC(CC)CC. The van der Waals surface area contributed by atoms with Gasteiger partial charge in [0.15, 0.2) is 0 Å². The van der Waals surface area contributed by atoms with Crippen molar-refractivity contribution >= 4 is 11.6 Å². The standard InChI is InChI=1S/C18H34O3/c1-5-15(6-2)13-17(19)9-11-21-12-10-18(20)14-16(7-3)8-4/h15-16H,5-14H2,1-4H3. The highest BCUT2D eigenvalue weighted by Gasteiger charge is 2.11. The Morgan fingerprint density at radius 1 is 0.714 bits per heavy atom. The zero-order valence-electron chi connectivity index (χ0n) is 14.5. The third kappa shape index (κ3) is 10.6. The van der Waals surface area contributed by atoms with Crippen LogP contribution in [0.25, 0.3) is 0 Å². The molecular weight excluding hydrogens is 264 g/mol. The van der Waals surface area contributed by atoms with Crippen molar-refractivity contribution in [2.75, 3.05) is 13.2 Å². The molecule has 3 heteroatoms. The second-order valence-corrected chi connectivity index (χ2v) is 5.96. The van der Waals surface area contributed by atoms with Gasteiger partial charge < -0.3 is 4.74 Å². The van der Waals surface area contributed by atoms with Gasteiger partial charge in [0.2, 0.25) is 0 Å². The Morgan fingerprint density at radius 3 is 1.33 bits per heavy atom. The van der Waals surface area contributed by atoms with Crippen molar-refractivity contribution in [2.45, 2.75) is 79.1 Å². The average Bonchev–Trinajstić information content (AvgIpc) is 2.49. The molecule has 0 spiro atoms. The second kappa shape index (κ2) is 13.0. The van der Waals surface area contributed by atoms with Crippen molar-refractivity contribution in [3.05, 3.63) is 0 Å². The quantitative estimate of drug-likeness (QED) is 0.441.